The highest BCUT2D eigenvalue weighted by Gasteiger charge is 2.18. The largest absolute Gasteiger partial charge is 0.331 e. The Morgan fingerprint density at radius 3 is 3.06 bits per heavy atom. The number of H-pyrrole nitrogens is 1. The molecule has 0 radical (unpaired) electrons. The Morgan fingerprint density at radius 2 is 2.28 bits per heavy atom. The van der Waals surface area contributed by atoms with E-state index in [0.717, 1.165) is 24.1 Å². The molecule has 1 fully saturated rings. The molecule has 1 aliphatic rings. The summed E-state index contributed by atoms with van der Waals surface area (Å²) in [5.41, 5.74) is 1.85. The SMILES string of the molecule is O=[S@](C[C@H]1CCCNC1)c1nc2ccccc2[nH]1. The van der Waals surface area contributed by atoms with E-state index in [1.807, 2.05) is 24.3 Å². The molecular formula is C13H17N3OS. The molecule has 1 aromatic carbocycles. The van der Waals surface area contributed by atoms with Crippen molar-refractivity contribution in [3.8, 4) is 0 Å². The van der Waals surface area contributed by atoms with E-state index >= 15 is 0 Å². The lowest BCUT2D eigenvalue weighted by Crippen LogP contribution is -2.32. The number of nitrogens with zero attached hydrogens (tertiary/aromatic N) is 1. The lowest BCUT2D eigenvalue weighted by molar-refractivity contribution is 0.407. The number of imidazole rings is 1. The van der Waals surface area contributed by atoms with Crippen LogP contribution in [0.3, 0.4) is 0 Å². The maximum absolute atomic E-state index is 12.3. The molecule has 0 aliphatic carbocycles. The van der Waals surface area contributed by atoms with Crippen molar-refractivity contribution < 1.29 is 4.21 Å². The second-order valence-corrected chi connectivity index (χ2v) is 6.19. The second-order valence-electron chi connectivity index (χ2n) is 4.78. The molecule has 3 rings (SSSR count). The van der Waals surface area contributed by atoms with Gasteiger partial charge < -0.3 is 10.3 Å². The Hall–Kier alpha value is -1.20. The molecule has 0 unspecified atom stereocenters. The molecule has 0 spiro atoms. The van der Waals surface area contributed by atoms with Gasteiger partial charge in [0, 0.05) is 5.75 Å². The van der Waals surface area contributed by atoms with E-state index in [-0.39, 0.29) is 0 Å². The van der Waals surface area contributed by atoms with Gasteiger partial charge in [-0.25, -0.2) is 4.98 Å². The molecule has 1 saturated heterocycles. The molecule has 0 amide bonds. The molecule has 0 saturated carbocycles. The zero-order valence-electron chi connectivity index (χ0n) is 10.2. The van der Waals surface area contributed by atoms with Gasteiger partial charge in [0.05, 0.1) is 21.8 Å². The van der Waals surface area contributed by atoms with Crippen LogP contribution in [0, 0.1) is 5.92 Å². The first-order valence-corrected chi connectivity index (χ1v) is 7.68. The van der Waals surface area contributed by atoms with E-state index in [0.29, 0.717) is 16.8 Å². The van der Waals surface area contributed by atoms with E-state index in [1.54, 1.807) is 0 Å². The topological polar surface area (TPSA) is 57.8 Å². The van der Waals surface area contributed by atoms with Crippen molar-refractivity contribution in [2.24, 2.45) is 5.92 Å². The minimum absolute atomic E-state index is 0.507. The number of hydrogen-bond acceptors (Lipinski definition) is 3. The Labute approximate surface area is 109 Å². The summed E-state index contributed by atoms with van der Waals surface area (Å²) in [5, 5.41) is 3.97. The highest BCUT2D eigenvalue weighted by atomic mass is 32.2. The fourth-order valence-corrected chi connectivity index (χ4v) is 3.69. The number of aromatic amines is 1. The van der Waals surface area contributed by atoms with E-state index in [2.05, 4.69) is 15.3 Å². The van der Waals surface area contributed by atoms with Gasteiger partial charge in [-0.1, -0.05) is 12.1 Å². The first-order valence-electron chi connectivity index (χ1n) is 6.37. The predicted molar refractivity (Wildman–Crippen MR) is 73.0 cm³/mol. The van der Waals surface area contributed by atoms with E-state index in [1.165, 1.54) is 12.8 Å². The number of hydrogen-bond donors (Lipinski definition) is 2. The van der Waals surface area contributed by atoms with Crippen molar-refractivity contribution in [1.82, 2.24) is 15.3 Å². The van der Waals surface area contributed by atoms with Gasteiger partial charge in [0.15, 0.2) is 5.16 Å². The van der Waals surface area contributed by atoms with Crippen LogP contribution in [0.1, 0.15) is 12.8 Å². The fourth-order valence-electron chi connectivity index (χ4n) is 2.40. The van der Waals surface area contributed by atoms with E-state index < -0.39 is 10.8 Å². The number of rotatable bonds is 3. The molecule has 0 bridgehead atoms. The van der Waals surface area contributed by atoms with Crippen LogP contribution >= 0.6 is 0 Å². The van der Waals surface area contributed by atoms with Crippen molar-refractivity contribution in [1.29, 1.82) is 0 Å². The number of para-hydroxylation sites is 2. The monoisotopic (exact) mass is 263 g/mol. The first kappa shape index (κ1) is 11.9. The van der Waals surface area contributed by atoms with Crippen LogP contribution in [0.25, 0.3) is 11.0 Å². The third-order valence-corrected chi connectivity index (χ3v) is 4.77. The number of benzene rings is 1. The predicted octanol–water partition coefficient (Wildman–Crippen LogP) is 1.67. The van der Waals surface area contributed by atoms with Gasteiger partial charge in [0.25, 0.3) is 0 Å². The van der Waals surface area contributed by atoms with E-state index in [9.17, 15) is 4.21 Å². The molecule has 2 atom stereocenters. The summed E-state index contributed by atoms with van der Waals surface area (Å²) in [5.74, 6) is 1.21. The summed E-state index contributed by atoms with van der Waals surface area (Å²) in [6.45, 7) is 2.07. The number of nitrogens with one attached hydrogen (secondary N) is 2. The van der Waals surface area contributed by atoms with Crippen molar-refractivity contribution >= 4 is 21.8 Å². The Morgan fingerprint density at radius 1 is 1.39 bits per heavy atom. The third kappa shape index (κ3) is 2.47. The molecule has 2 aromatic rings. The van der Waals surface area contributed by atoms with E-state index in [4.69, 9.17) is 0 Å². The molecule has 2 N–H and O–H groups in total. The van der Waals surface area contributed by atoms with Crippen LogP contribution in [-0.4, -0.2) is 33.0 Å². The van der Waals surface area contributed by atoms with Gasteiger partial charge in [-0.15, -0.1) is 0 Å². The summed E-state index contributed by atoms with van der Waals surface area (Å²) in [6, 6.07) is 7.80. The zero-order valence-corrected chi connectivity index (χ0v) is 11.0. The van der Waals surface area contributed by atoms with Crippen LogP contribution in [0.4, 0.5) is 0 Å². The van der Waals surface area contributed by atoms with Gasteiger partial charge in [-0.05, 0) is 44.0 Å². The van der Waals surface area contributed by atoms with Crippen molar-refractivity contribution in [2.45, 2.75) is 18.0 Å². The molecule has 1 aromatic heterocycles. The molecule has 1 aliphatic heterocycles. The lowest BCUT2D eigenvalue weighted by atomic mass is 10.0. The Bertz CT molecular complexity index is 527. The quantitative estimate of drug-likeness (QED) is 0.885. The third-order valence-electron chi connectivity index (χ3n) is 3.37. The minimum Gasteiger partial charge on any atom is -0.331 e. The molecule has 5 heteroatoms. The van der Waals surface area contributed by atoms with Gasteiger partial charge >= 0.3 is 0 Å². The van der Waals surface area contributed by atoms with Gasteiger partial charge in [0.1, 0.15) is 0 Å². The minimum atomic E-state index is -1.02. The van der Waals surface area contributed by atoms with Crippen LogP contribution < -0.4 is 5.32 Å². The van der Waals surface area contributed by atoms with Gasteiger partial charge in [-0.2, -0.15) is 0 Å². The van der Waals surface area contributed by atoms with Crippen LogP contribution in [0.15, 0.2) is 29.4 Å². The standard InChI is InChI=1S/C13H17N3OS/c17-18(9-10-4-3-7-14-8-10)13-15-11-5-1-2-6-12(11)16-13/h1-2,5-6,10,14H,3-4,7-9H2,(H,15,16)/t10-,18+/m0/s1. The van der Waals surface area contributed by atoms with Crippen molar-refractivity contribution in [3.63, 3.8) is 0 Å². The number of fused-ring (bicyclic) bond motifs is 1. The second kappa shape index (κ2) is 5.20. The average Bonchev–Trinajstić information content (AvgIpc) is 2.84. The summed E-state index contributed by atoms with van der Waals surface area (Å²) >= 11 is 0. The number of piperidine rings is 1. The Balaban J connectivity index is 1.74. The van der Waals surface area contributed by atoms with Crippen molar-refractivity contribution in [3.05, 3.63) is 24.3 Å². The van der Waals surface area contributed by atoms with Crippen molar-refractivity contribution in [2.75, 3.05) is 18.8 Å². The van der Waals surface area contributed by atoms with Crippen LogP contribution in [0.2, 0.25) is 0 Å². The maximum atomic E-state index is 12.3. The summed E-state index contributed by atoms with van der Waals surface area (Å²) in [6.07, 6.45) is 2.35. The number of aromatic nitrogens is 2. The van der Waals surface area contributed by atoms with Gasteiger partial charge in [-0.3, -0.25) is 4.21 Å². The normalized spacial score (nSPS) is 22.1. The molecule has 18 heavy (non-hydrogen) atoms. The van der Waals surface area contributed by atoms with Crippen LogP contribution in [0.5, 0.6) is 0 Å². The average molecular weight is 263 g/mol. The molecule has 4 nitrogen and oxygen atoms in total. The smallest absolute Gasteiger partial charge is 0.197 e. The molecule has 96 valence electrons. The molecule has 2 heterocycles. The lowest BCUT2D eigenvalue weighted by Gasteiger charge is -2.21. The van der Waals surface area contributed by atoms with Gasteiger partial charge in [0.2, 0.25) is 0 Å². The fraction of sp³-hybridized carbons (Fsp3) is 0.462. The Kier molecular flexibility index (Phi) is 3.43. The summed E-state index contributed by atoms with van der Waals surface area (Å²) < 4.78 is 12.3. The summed E-state index contributed by atoms with van der Waals surface area (Å²) in [4.78, 5) is 7.56. The maximum Gasteiger partial charge on any atom is 0.197 e. The highest BCUT2D eigenvalue weighted by Crippen LogP contribution is 2.17. The summed E-state index contributed by atoms with van der Waals surface area (Å²) in [7, 11) is -1.02. The first-order chi connectivity index (χ1) is 8.83. The zero-order chi connectivity index (χ0) is 12.4. The highest BCUT2D eigenvalue weighted by molar-refractivity contribution is 7.84. The molecular weight excluding hydrogens is 246 g/mol. The van der Waals surface area contributed by atoms with Crippen LogP contribution in [-0.2, 0) is 10.8 Å².